The summed E-state index contributed by atoms with van der Waals surface area (Å²) in [5.74, 6) is 0.568. The first kappa shape index (κ1) is 14.3. The second-order valence-corrected chi connectivity index (χ2v) is 8.20. The highest BCUT2D eigenvalue weighted by Gasteiger charge is 2.30. The Morgan fingerprint density at radius 1 is 1.11 bits per heavy atom. The fourth-order valence-corrected chi connectivity index (χ4v) is 4.75. The minimum atomic E-state index is -2.86. The van der Waals surface area contributed by atoms with Gasteiger partial charge in [-0.2, -0.15) is 0 Å². The molecule has 0 amide bonds. The zero-order chi connectivity index (χ0) is 13.1. The Balaban J connectivity index is 1.83. The molecule has 18 heavy (non-hydrogen) atoms. The van der Waals surface area contributed by atoms with Crippen LogP contribution in [0.2, 0.25) is 0 Å². The maximum Gasteiger partial charge on any atom is 0.151 e. The molecule has 1 saturated heterocycles. The summed E-state index contributed by atoms with van der Waals surface area (Å²) in [6.07, 6.45) is 7.94. The van der Waals surface area contributed by atoms with Gasteiger partial charge in [-0.3, -0.25) is 0 Å². The third kappa shape index (κ3) is 4.21. The summed E-state index contributed by atoms with van der Waals surface area (Å²) < 4.78 is 23.1. The Morgan fingerprint density at radius 2 is 1.78 bits per heavy atom. The first-order chi connectivity index (χ1) is 8.49. The molecule has 2 aliphatic rings. The van der Waals surface area contributed by atoms with E-state index >= 15 is 0 Å². The Hall–Kier alpha value is -0.130. The average Bonchev–Trinajstić information content (AvgIpc) is 2.51. The Morgan fingerprint density at radius 3 is 2.39 bits per heavy atom. The van der Waals surface area contributed by atoms with Gasteiger partial charge in [-0.25, -0.2) is 8.42 Å². The number of nitrogens with one attached hydrogen (secondary N) is 1. The van der Waals surface area contributed by atoms with Crippen LogP contribution in [0, 0.1) is 0 Å². The maximum absolute atomic E-state index is 11.5. The van der Waals surface area contributed by atoms with Crippen LogP contribution < -0.4 is 5.32 Å². The van der Waals surface area contributed by atoms with Crippen LogP contribution in [0.3, 0.4) is 0 Å². The van der Waals surface area contributed by atoms with E-state index in [2.05, 4.69) is 5.32 Å². The van der Waals surface area contributed by atoms with Crippen molar-refractivity contribution in [3.8, 4) is 0 Å². The molecule has 2 rings (SSSR count). The quantitative estimate of drug-likeness (QED) is 0.761. The molecule has 1 unspecified atom stereocenters. The molecule has 0 aromatic rings. The van der Waals surface area contributed by atoms with Gasteiger partial charge in [0.1, 0.15) is 0 Å². The van der Waals surface area contributed by atoms with E-state index in [1.54, 1.807) is 0 Å². The highest BCUT2D eigenvalue weighted by molar-refractivity contribution is 7.91. The van der Waals surface area contributed by atoms with E-state index in [9.17, 15) is 13.5 Å². The molecule has 1 heterocycles. The zero-order valence-corrected chi connectivity index (χ0v) is 11.8. The molecule has 1 aliphatic carbocycles. The summed E-state index contributed by atoms with van der Waals surface area (Å²) in [7, 11) is -2.86. The first-order valence-electron chi connectivity index (χ1n) is 7.15. The lowest BCUT2D eigenvalue weighted by atomic mass is 9.94. The molecule has 1 atom stereocenters. The van der Waals surface area contributed by atoms with Gasteiger partial charge in [0, 0.05) is 12.6 Å². The first-order valence-corrected chi connectivity index (χ1v) is 8.98. The van der Waals surface area contributed by atoms with Crippen molar-refractivity contribution in [3.05, 3.63) is 0 Å². The van der Waals surface area contributed by atoms with Gasteiger partial charge < -0.3 is 10.4 Å². The van der Waals surface area contributed by atoms with E-state index in [1.165, 1.54) is 12.8 Å². The number of rotatable bonds is 3. The summed E-state index contributed by atoms with van der Waals surface area (Å²) in [4.78, 5) is 0. The lowest BCUT2D eigenvalue weighted by Crippen LogP contribution is -2.48. The van der Waals surface area contributed by atoms with Crippen molar-refractivity contribution < 1.29 is 13.5 Å². The summed E-state index contributed by atoms with van der Waals surface area (Å²) >= 11 is 0. The van der Waals surface area contributed by atoms with Gasteiger partial charge >= 0.3 is 0 Å². The minimum Gasteiger partial charge on any atom is -0.389 e. The molecule has 0 bridgehead atoms. The van der Waals surface area contributed by atoms with Crippen molar-refractivity contribution >= 4 is 9.84 Å². The van der Waals surface area contributed by atoms with Crippen LogP contribution in [0.4, 0.5) is 0 Å². The molecule has 5 heteroatoms. The Labute approximate surface area is 110 Å². The van der Waals surface area contributed by atoms with Crippen molar-refractivity contribution in [2.45, 2.75) is 63.0 Å². The maximum atomic E-state index is 11.5. The fourth-order valence-electron chi connectivity index (χ4n) is 3.08. The number of sulfone groups is 1. The molecule has 2 fully saturated rings. The summed E-state index contributed by atoms with van der Waals surface area (Å²) in [6.45, 7) is 0.549. The van der Waals surface area contributed by atoms with Gasteiger partial charge in [0.2, 0.25) is 0 Å². The fraction of sp³-hybridized carbons (Fsp3) is 1.00. The largest absolute Gasteiger partial charge is 0.389 e. The van der Waals surface area contributed by atoms with Crippen molar-refractivity contribution in [3.63, 3.8) is 0 Å². The molecule has 0 spiro atoms. The molecular weight excluding hydrogens is 250 g/mol. The molecular formula is C13H25NO3S. The van der Waals surface area contributed by atoms with Crippen LogP contribution in [-0.2, 0) is 9.84 Å². The van der Waals surface area contributed by atoms with Crippen LogP contribution in [0.5, 0.6) is 0 Å². The standard InChI is InChI=1S/C13H25NO3S/c15-13(7-3-1-2-4-8-13)11-14-12-6-5-9-18(16,17)10-12/h12,14-15H,1-11H2. The number of hydrogen-bond donors (Lipinski definition) is 2. The van der Waals surface area contributed by atoms with Crippen LogP contribution in [0.1, 0.15) is 51.4 Å². The molecule has 0 aromatic heterocycles. The molecule has 0 aromatic carbocycles. The molecule has 0 radical (unpaired) electrons. The van der Waals surface area contributed by atoms with Gasteiger partial charge in [0.15, 0.2) is 9.84 Å². The smallest absolute Gasteiger partial charge is 0.151 e. The Bertz CT molecular complexity index is 358. The van der Waals surface area contributed by atoms with Crippen LogP contribution in [0.15, 0.2) is 0 Å². The second-order valence-electron chi connectivity index (χ2n) is 5.97. The van der Waals surface area contributed by atoms with Gasteiger partial charge in [0.05, 0.1) is 17.1 Å². The predicted octanol–water partition coefficient (Wildman–Crippen LogP) is 1.24. The summed E-state index contributed by atoms with van der Waals surface area (Å²) in [5.41, 5.74) is -0.613. The Kier molecular flexibility index (Phi) is 4.67. The third-order valence-corrected chi connectivity index (χ3v) is 6.04. The average molecular weight is 275 g/mol. The van der Waals surface area contributed by atoms with Crippen molar-refractivity contribution in [1.82, 2.24) is 5.32 Å². The minimum absolute atomic E-state index is 0.0380. The summed E-state index contributed by atoms with van der Waals surface area (Å²) in [5, 5.41) is 13.8. The van der Waals surface area contributed by atoms with Gasteiger partial charge in [-0.1, -0.05) is 25.7 Å². The highest BCUT2D eigenvalue weighted by Crippen LogP contribution is 2.26. The lowest BCUT2D eigenvalue weighted by molar-refractivity contribution is 0.0229. The van der Waals surface area contributed by atoms with Crippen LogP contribution in [0.25, 0.3) is 0 Å². The normalized spacial score (nSPS) is 31.7. The summed E-state index contributed by atoms with van der Waals surface area (Å²) in [6, 6.07) is 0.0380. The van der Waals surface area contributed by atoms with Crippen LogP contribution >= 0.6 is 0 Å². The van der Waals surface area contributed by atoms with Crippen molar-refractivity contribution in [2.75, 3.05) is 18.1 Å². The molecule has 1 saturated carbocycles. The topological polar surface area (TPSA) is 66.4 Å². The van der Waals surface area contributed by atoms with Crippen LogP contribution in [-0.4, -0.2) is 43.2 Å². The predicted molar refractivity (Wildman–Crippen MR) is 72.3 cm³/mol. The van der Waals surface area contributed by atoms with Gasteiger partial charge in [-0.15, -0.1) is 0 Å². The highest BCUT2D eigenvalue weighted by atomic mass is 32.2. The molecule has 4 nitrogen and oxygen atoms in total. The molecule has 1 aliphatic heterocycles. The number of aliphatic hydroxyl groups is 1. The van der Waals surface area contributed by atoms with E-state index in [1.807, 2.05) is 0 Å². The van der Waals surface area contributed by atoms with Crippen molar-refractivity contribution in [2.24, 2.45) is 0 Å². The van der Waals surface area contributed by atoms with E-state index in [-0.39, 0.29) is 11.8 Å². The SMILES string of the molecule is O=S1(=O)CCCC(NCC2(O)CCCCCC2)C1. The molecule has 2 N–H and O–H groups in total. The lowest BCUT2D eigenvalue weighted by Gasteiger charge is -2.31. The third-order valence-electron chi connectivity index (χ3n) is 4.22. The van der Waals surface area contributed by atoms with Crippen molar-refractivity contribution in [1.29, 1.82) is 0 Å². The van der Waals surface area contributed by atoms with E-state index in [0.29, 0.717) is 12.3 Å². The van der Waals surface area contributed by atoms with E-state index in [4.69, 9.17) is 0 Å². The van der Waals surface area contributed by atoms with E-state index < -0.39 is 15.4 Å². The number of hydrogen-bond acceptors (Lipinski definition) is 4. The zero-order valence-electron chi connectivity index (χ0n) is 11.0. The molecule has 106 valence electrons. The van der Waals surface area contributed by atoms with Gasteiger partial charge in [0.25, 0.3) is 0 Å². The van der Waals surface area contributed by atoms with Gasteiger partial charge in [-0.05, 0) is 25.7 Å². The van der Waals surface area contributed by atoms with E-state index in [0.717, 1.165) is 38.5 Å². The second kappa shape index (κ2) is 5.88. The monoisotopic (exact) mass is 275 g/mol.